The maximum atomic E-state index is 13.3. The van der Waals surface area contributed by atoms with Crippen molar-refractivity contribution >= 4 is 51.7 Å². The lowest BCUT2D eigenvalue weighted by molar-refractivity contribution is -0.120. The zero-order valence-electron chi connectivity index (χ0n) is 14.8. The number of carbonyl (C=O) groups excluding carboxylic acids is 2. The fourth-order valence-electron chi connectivity index (χ4n) is 3.27. The molecule has 0 atom stereocenters. The summed E-state index contributed by atoms with van der Waals surface area (Å²) in [4.78, 5) is 28.4. The Bertz CT molecular complexity index is 1170. The number of thiophene rings is 1. The number of hydrogen-bond donors (Lipinski definition) is 1. The molecule has 3 heterocycles. The molecule has 2 aliphatic rings. The monoisotopic (exact) mass is 424 g/mol. The molecule has 0 saturated carbocycles. The quantitative estimate of drug-likeness (QED) is 0.623. The second kappa shape index (κ2) is 6.95. The van der Waals surface area contributed by atoms with E-state index in [1.165, 1.54) is 11.3 Å². The summed E-state index contributed by atoms with van der Waals surface area (Å²) in [5, 5.41) is 5.28. The van der Waals surface area contributed by atoms with Crippen LogP contribution in [0.25, 0.3) is 5.57 Å². The number of nitrogens with zero attached hydrogens (tertiary/aromatic N) is 1. The summed E-state index contributed by atoms with van der Waals surface area (Å²) in [6, 6.07) is 15.7. The number of para-hydroxylation sites is 1. The molecule has 0 radical (unpaired) electrons. The van der Waals surface area contributed by atoms with Crippen molar-refractivity contribution in [3.8, 4) is 11.5 Å². The number of nitrogens with one attached hydrogen (secondary N) is 1. The van der Waals surface area contributed by atoms with Gasteiger partial charge >= 0.3 is 0 Å². The van der Waals surface area contributed by atoms with Gasteiger partial charge in [-0.1, -0.05) is 29.8 Å². The van der Waals surface area contributed by atoms with Gasteiger partial charge in [-0.05, 0) is 35.7 Å². The van der Waals surface area contributed by atoms with E-state index in [-0.39, 0.29) is 12.5 Å². The Morgan fingerprint density at radius 1 is 0.966 bits per heavy atom. The number of rotatable bonds is 4. The molecule has 0 unspecified atom stereocenters. The van der Waals surface area contributed by atoms with Crippen LogP contribution in [0.2, 0.25) is 5.02 Å². The van der Waals surface area contributed by atoms with Crippen LogP contribution in [0.4, 0.5) is 11.4 Å². The lowest BCUT2D eigenvalue weighted by Crippen LogP contribution is -2.32. The third kappa shape index (κ3) is 2.95. The van der Waals surface area contributed by atoms with Gasteiger partial charge in [-0.3, -0.25) is 9.59 Å². The van der Waals surface area contributed by atoms with Crippen molar-refractivity contribution in [2.45, 2.75) is 0 Å². The molecule has 5 rings (SSSR count). The maximum absolute atomic E-state index is 13.3. The number of benzene rings is 2. The van der Waals surface area contributed by atoms with E-state index in [0.717, 1.165) is 4.90 Å². The lowest BCUT2D eigenvalue weighted by Gasteiger charge is -2.16. The van der Waals surface area contributed by atoms with Crippen LogP contribution in [0, 0.1) is 0 Å². The Kier molecular flexibility index (Phi) is 4.26. The average Bonchev–Trinajstić information content (AvgIpc) is 3.44. The summed E-state index contributed by atoms with van der Waals surface area (Å²) in [7, 11) is 0. The van der Waals surface area contributed by atoms with Gasteiger partial charge in [-0.25, -0.2) is 4.90 Å². The molecule has 8 heteroatoms. The van der Waals surface area contributed by atoms with Crippen molar-refractivity contribution in [2.75, 3.05) is 17.0 Å². The first-order chi connectivity index (χ1) is 14.1. The van der Waals surface area contributed by atoms with Crippen molar-refractivity contribution in [1.82, 2.24) is 0 Å². The molecule has 0 aliphatic carbocycles. The number of carbonyl (C=O) groups is 2. The molecule has 29 heavy (non-hydrogen) atoms. The largest absolute Gasteiger partial charge is 0.454 e. The van der Waals surface area contributed by atoms with E-state index in [0.29, 0.717) is 38.3 Å². The van der Waals surface area contributed by atoms with Crippen molar-refractivity contribution in [3.05, 3.63) is 75.6 Å². The van der Waals surface area contributed by atoms with E-state index in [1.54, 1.807) is 42.5 Å². The van der Waals surface area contributed by atoms with Crippen molar-refractivity contribution in [1.29, 1.82) is 0 Å². The first kappa shape index (κ1) is 17.8. The predicted molar refractivity (Wildman–Crippen MR) is 111 cm³/mol. The summed E-state index contributed by atoms with van der Waals surface area (Å²) in [5.74, 6) is 0.320. The lowest BCUT2D eigenvalue weighted by atomic mass is 10.2. The second-order valence-electron chi connectivity index (χ2n) is 6.32. The summed E-state index contributed by atoms with van der Waals surface area (Å²) < 4.78 is 10.7. The molecule has 144 valence electrons. The summed E-state index contributed by atoms with van der Waals surface area (Å²) in [5.41, 5.74) is 1.46. The molecule has 0 bridgehead atoms. The molecule has 0 spiro atoms. The predicted octanol–water partition coefficient (Wildman–Crippen LogP) is 4.53. The molecule has 1 aromatic heterocycles. The second-order valence-corrected chi connectivity index (χ2v) is 7.67. The molecule has 0 fully saturated rings. The van der Waals surface area contributed by atoms with Crippen LogP contribution in [0.1, 0.15) is 4.88 Å². The van der Waals surface area contributed by atoms with Gasteiger partial charge in [0.1, 0.15) is 5.70 Å². The molecule has 1 N–H and O–H groups in total. The molecule has 2 amide bonds. The normalized spacial score (nSPS) is 15.4. The van der Waals surface area contributed by atoms with Gasteiger partial charge in [0.2, 0.25) is 6.79 Å². The standard InChI is InChI=1S/C21H13ClN2O4S/c22-13-4-1-2-5-14(13)24-20(25)18(17-6-3-9-29-17)19(21(24)26)23-12-7-8-15-16(10-12)28-11-27-15/h1-10,23H,11H2. The highest BCUT2D eigenvalue weighted by atomic mass is 35.5. The van der Waals surface area contributed by atoms with Crippen molar-refractivity contribution < 1.29 is 19.1 Å². The van der Waals surface area contributed by atoms with Crippen LogP contribution >= 0.6 is 22.9 Å². The first-order valence-corrected chi connectivity index (χ1v) is 9.97. The topological polar surface area (TPSA) is 67.9 Å². The van der Waals surface area contributed by atoms with Crippen LogP contribution in [-0.2, 0) is 9.59 Å². The average molecular weight is 425 g/mol. The molecule has 2 aromatic carbocycles. The highest BCUT2D eigenvalue weighted by molar-refractivity contribution is 7.11. The Balaban J connectivity index is 1.59. The first-order valence-electron chi connectivity index (χ1n) is 8.71. The number of halogens is 1. The number of anilines is 2. The fraction of sp³-hybridized carbons (Fsp3) is 0.0476. The van der Waals surface area contributed by atoms with E-state index in [1.807, 2.05) is 17.5 Å². The molecule has 0 saturated heterocycles. The minimum absolute atomic E-state index is 0.152. The van der Waals surface area contributed by atoms with E-state index in [2.05, 4.69) is 5.32 Å². The van der Waals surface area contributed by atoms with Gasteiger partial charge in [0.15, 0.2) is 11.5 Å². The fourth-order valence-corrected chi connectivity index (χ4v) is 4.25. The van der Waals surface area contributed by atoms with Gasteiger partial charge in [0.25, 0.3) is 11.8 Å². The van der Waals surface area contributed by atoms with Gasteiger partial charge in [-0.15, -0.1) is 11.3 Å². The Hall–Kier alpha value is -3.29. The van der Waals surface area contributed by atoms with Crippen molar-refractivity contribution in [2.24, 2.45) is 0 Å². The number of imide groups is 1. The van der Waals surface area contributed by atoms with E-state index >= 15 is 0 Å². The Morgan fingerprint density at radius 2 is 1.79 bits per heavy atom. The number of fused-ring (bicyclic) bond motifs is 1. The molecule has 6 nitrogen and oxygen atoms in total. The Morgan fingerprint density at radius 3 is 2.59 bits per heavy atom. The number of amides is 2. The minimum atomic E-state index is -0.468. The van der Waals surface area contributed by atoms with Gasteiger partial charge < -0.3 is 14.8 Å². The van der Waals surface area contributed by atoms with Gasteiger partial charge in [0.05, 0.1) is 16.3 Å². The SMILES string of the molecule is O=C1C(Nc2ccc3c(c2)OCO3)=C(c2cccs2)C(=O)N1c1ccccc1Cl. The Labute approximate surface area is 174 Å². The number of hydrogen-bond acceptors (Lipinski definition) is 6. The minimum Gasteiger partial charge on any atom is -0.454 e. The third-order valence-electron chi connectivity index (χ3n) is 4.59. The molecule has 3 aromatic rings. The van der Waals surface area contributed by atoms with Gasteiger partial charge in [0, 0.05) is 16.6 Å². The van der Waals surface area contributed by atoms with Crippen LogP contribution in [0.15, 0.2) is 65.7 Å². The van der Waals surface area contributed by atoms with E-state index in [4.69, 9.17) is 21.1 Å². The smallest absolute Gasteiger partial charge is 0.282 e. The summed E-state index contributed by atoms with van der Waals surface area (Å²) in [6.07, 6.45) is 0. The molecular formula is C21H13ClN2O4S. The van der Waals surface area contributed by atoms with Crippen LogP contribution < -0.4 is 19.7 Å². The van der Waals surface area contributed by atoms with Crippen molar-refractivity contribution in [3.63, 3.8) is 0 Å². The van der Waals surface area contributed by atoms with Crippen LogP contribution in [0.3, 0.4) is 0 Å². The maximum Gasteiger partial charge on any atom is 0.282 e. The summed E-state index contributed by atoms with van der Waals surface area (Å²) >= 11 is 7.65. The highest BCUT2D eigenvalue weighted by Gasteiger charge is 2.41. The number of ether oxygens (including phenoxy) is 2. The van der Waals surface area contributed by atoms with E-state index < -0.39 is 11.8 Å². The molecule has 2 aliphatic heterocycles. The van der Waals surface area contributed by atoms with E-state index in [9.17, 15) is 9.59 Å². The van der Waals surface area contributed by atoms with Crippen LogP contribution in [0.5, 0.6) is 11.5 Å². The third-order valence-corrected chi connectivity index (χ3v) is 5.79. The summed E-state index contributed by atoms with van der Waals surface area (Å²) in [6.45, 7) is 0.152. The zero-order chi connectivity index (χ0) is 20.0. The zero-order valence-corrected chi connectivity index (χ0v) is 16.4. The highest BCUT2D eigenvalue weighted by Crippen LogP contribution is 2.39. The van der Waals surface area contributed by atoms with Gasteiger partial charge in [-0.2, -0.15) is 0 Å². The van der Waals surface area contributed by atoms with Crippen LogP contribution in [-0.4, -0.2) is 18.6 Å². The molecular weight excluding hydrogens is 412 g/mol.